The van der Waals surface area contributed by atoms with Crippen molar-refractivity contribution in [3.63, 3.8) is 0 Å². The van der Waals surface area contributed by atoms with Crippen LogP contribution in [-0.2, 0) is 9.47 Å². The van der Waals surface area contributed by atoms with Gasteiger partial charge in [0.05, 0.1) is 5.60 Å². The lowest BCUT2D eigenvalue weighted by Crippen LogP contribution is -2.46. The maximum Gasteiger partial charge on any atom is 0.0729 e. The molecule has 0 aromatic rings. The van der Waals surface area contributed by atoms with Crippen molar-refractivity contribution in [3.05, 3.63) is 0 Å². The molecule has 0 bridgehead atoms. The van der Waals surface area contributed by atoms with Crippen molar-refractivity contribution < 1.29 is 9.47 Å². The molecule has 0 aliphatic carbocycles. The van der Waals surface area contributed by atoms with Gasteiger partial charge in [-0.2, -0.15) is 0 Å². The van der Waals surface area contributed by atoms with Gasteiger partial charge in [-0.05, 0) is 37.5 Å². The van der Waals surface area contributed by atoms with Crippen molar-refractivity contribution in [2.24, 2.45) is 11.8 Å². The van der Waals surface area contributed by atoms with Gasteiger partial charge in [0.25, 0.3) is 0 Å². The van der Waals surface area contributed by atoms with Gasteiger partial charge >= 0.3 is 0 Å². The third-order valence-corrected chi connectivity index (χ3v) is 5.24. The molecule has 0 amide bonds. The minimum absolute atomic E-state index is 0.150. The highest BCUT2D eigenvalue weighted by Gasteiger charge is 2.40. The maximum absolute atomic E-state index is 6.07. The molecule has 2 nitrogen and oxygen atoms in total. The summed E-state index contributed by atoms with van der Waals surface area (Å²) in [5.41, 5.74) is 0.150. The first-order chi connectivity index (χ1) is 7.63. The summed E-state index contributed by atoms with van der Waals surface area (Å²) in [5, 5.41) is 0. The van der Waals surface area contributed by atoms with Crippen LogP contribution >= 0.6 is 15.9 Å². The van der Waals surface area contributed by atoms with Crippen molar-refractivity contribution in [2.45, 2.75) is 50.0 Å². The van der Waals surface area contributed by atoms with E-state index in [1.54, 1.807) is 0 Å². The van der Waals surface area contributed by atoms with E-state index in [2.05, 4.69) is 29.8 Å². The zero-order chi connectivity index (χ0) is 11.6. The Morgan fingerprint density at radius 1 is 1.19 bits per heavy atom. The van der Waals surface area contributed by atoms with Crippen LogP contribution in [0.2, 0.25) is 0 Å². The Labute approximate surface area is 107 Å². The summed E-state index contributed by atoms with van der Waals surface area (Å²) in [4.78, 5) is 0.604. The van der Waals surface area contributed by atoms with Gasteiger partial charge < -0.3 is 9.47 Å². The van der Waals surface area contributed by atoms with E-state index in [4.69, 9.17) is 9.47 Å². The predicted molar refractivity (Wildman–Crippen MR) is 69.0 cm³/mol. The first-order valence-electron chi connectivity index (χ1n) is 6.49. The van der Waals surface area contributed by atoms with Gasteiger partial charge in [0.2, 0.25) is 0 Å². The van der Waals surface area contributed by atoms with Gasteiger partial charge in [-0.1, -0.05) is 29.8 Å². The van der Waals surface area contributed by atoms with E-state index in [1.807, 2.05) is 0 Å². The number of hydrogen-bond acceptors (Lipinski definition) is 2. The van der Waals surface area contributed by atoms with E-state index in [0.29, 0.717) is 4.83 Å². The first kappa shape index (κ1) is 12.8. The molecule has 1 spiro atoms. The first-order valence-corrected chi connectivity index (χ1v) is 7.40. The van der Waals surface area contributed by atoms with Crippen molar-refractivity contribution in [2.75, 3.05) is 19.8 Å². The number of alkyl halides is 1. The number of ether oxygens (including phenoxy) is 2. The topological polar surface area (TPSA) is 18.5 Å². The Morgan fingerprint density at radius 2 is 1.88 bits per heavy atom. The Bertz CT molecular complexity index is 218. The fourth-order valence-electron chi connectivity index (χ4n) is 2.98. The van der Waals surface area contributed by atoms with Gasteiger partial charge in [-0.3, -0.25) is 0 Å². The molecule has 0 aromatic heterocycles. The molecule has 2 rings (SSSR count). The second kappa shape index (κ2) is 5.36. The molecule has 0 N–H and O–H groups in total. The number of hydrogen-bond donors (Lipinski definition) is 0. The minimum Gasteiger partial charge on any atom is -0.381 e. The van der Waals surface area contributed by atoms with E-state index < -0.39 is 0 Å². The van der Waals surface area contributed by atoms with Crippen molar-refractivity contribution in [1.29, 1.82) is 0 Å². The van der Waals surface area contributed by atoms with Crippen LogP contribution in [0.25, 0.3) is 0 Å². The van der Waals surface area contributed by atoms with Crippen LogP contribution in [-0.4, -0.2) is 30.2 Å². The van der Waals surface area contributed by atoms with Crippen LogP contribution in [0.1, 0.15) is 39.5 Å². The molecule has 3 atom stereocenters. The summed E-state index contributed by atoms with van der Waals surface area (Å²) >= 11 is 3.72. The SMILES string of the molecule is CC(Br)C(C)C1CCOC2(CCOCC2)C1. The zero-order valence-electron chi connectivity index (χ0n) is 10.4. The number of rotatable bonds is 2. The van der Waals surface area contributed by atoms with Crippen LogP contribution in [0.3, 0.4) is 0 Å². The van der Waals surface area contributed by atoms with Gasteiger partial charge in [0.1, 0.15) is 0 Å². The summed E-state index contributed by atoms with van der Waals surface area (Å²) in [6.45, 7) is 7.32. The van der Waals surface area contributed by atoms with Crippen LogP contribution in [0.4, 0.5) is 0 Å². The Hall–Kier alpha value is 0.400. The van der Waals surface area contributed by atoms with E-state index in [0.717, 1.165) is 44.5 Å². The molecule has 2 heterocycles. The average Bonchev–Trinajstić information content (AvgIpc) is 2.29. The molecule has 3 heteroatoms. The fraction of sp³-hybridized carbons (Fsp3) is 1.00. The molecule has 94 valence electrons. The maximum atomic E-state index is 6.07. The molecule has 2 aliphatic heterocycles. The third kappa shape index (κ3) is 2.80. The normalized spacial score (nSPS) is 33.6. The highest BCUT2D eigenvalue weighted by molar-refractivity contribution is 9.09. The van der Waals surface area contributed by atoms with Crippen LogP contribution in [0.5, 0.6) is 0 Å². The molecule has 0 aromatic carbocycles. The van der Waals surface area contributed by atoms with Crippen molar-refractivity contribution >= 4 is 15.9 Å². The average molecular weight is 291 g/mol. The lowest BCUT2D eigenvalue weighted by Gasteiger charge is -2.45. The van der Waals surface area contributed by atoms with E-state index in [-0.39, 0.29) is 5.60 Å². The number of halogens is 1. The van der Waals surface area contributed by atoms with Gasteiger partial charge in [0.15, 0.2) is 0 Å². The second-order valence-electron chi connectivity index (χ2n) is 5.43. The highest BCUT2D eigenvalue weighted by Crippen LogP contribution is 2.41. The molecular weight excluding hydrogens is 268 g/mol. The minimum atomic E-state index is 0.150. The summed E-state index contributed by atoms with van der Waals surface area (Å²) < 4.78 is 11.5. The Kier molecular flexibility index (Phi) is 4.31. The van der Waals surface area contributed by atoms with Crippen molar-refractivity contribution in [3.8, 4) is 0 Å². The summed E-state index contributed by atoms with van der Waals surface area (Å²) in [5.74, 6) is 1.55. The largest absolute Gasteiger partial charge is 0.381 e. The van der Waals surface area contributed by atoms with Gasteiger partial charge in [0, 0.05) is 24.6 Å². The fourth-order valence-corrected chi connectivity index (χ4v) is 3.41. The van der Waals surface area contributed by atoms with Crippen molar-refractivity contribution in [1.82, 2.24) is 0 Å². The van der Waals surface area contributed by atoms with E-state index in [1.165, 1.54) is 12.8 Å². The van der Waals surface area contributed by atoms with E-state index in [9.17, 15) is 0 Å². The molecule has 2 fully saturated rings. The Balaban J connectivity index is 1.97. The molecule has 16 heavy (non-hydrogen) atoms. The molecule has 0 radical (unpaired) electrons. The Morgan fingerprint density at radius 3 is 2.50 bits per heavy atom. The van der Waals surface area contributed by atoms with Gasteiger partial charge in [-0.25, -0.2) is 0 Å². The summed E-state index contributed by atoms with van der Waals surface area (Å²) in [6, 6.07) is 0. The highest BCUT2D eigenvalue weighted by atomic mass is 79.9. The molecule has 2 saturated heterocycles. The second-order valence-corrected chi connectivity index (χ2v) is 6.88. The predicted octanol–water partition coefficient (Wildman–Crippen LogP) is 3.38. The lowest BCUT2D eigenvalue weighted by atomic mass is 9.75. The zero-order valence-corrected chi connectivity index (χ0v) is 12.0. The van der Waals surface area contributed by atoms with Gasteiger partial charge in [-0.15, -0.1) is 0 Å². The third-order valence-electron chi connectivity index (χ3n) is 4.40. The molecule has 2 aliphatic rings. The summed E-state index contributed by atoms with van der Waals surface area (Å²) in [6.07, 6.45) is 4.63. The smallest absolute Gasteiger partial charge is 0.0729 e. The molecular formula is C13H23BrO2. The van der Waals surface area contributed by atoms with Crippen LogP contribution < -0.4 is 0 Å². The molecule has 3 unspecified atom stereocenters. The van der Waals surface area contributed by atoms with E-state index >= 15 is 0 Å². The van der Waals surface area contributed by atoms with Crippen LogP contribution in [0, 0.1) is 11.8 Å². The standard InChI is InChI=1S/C13H23BrO2/c1-10(11(2)14)12-3-6-16-13(9-12)4-7-15-8-5-13/h10-12H,3-9H2,1-2H3. The monoisotopic (exact) mass is 290 g/mol. The summed E-state index contributed by atoms with van der Waals surface area (Å²) in [7, 11) is 0. The lowest BCUT2D eigenvalue weighted by molar-refractivity contribution is -0.151. The van der Waals surface area contributed by atoms with Crippen LogP contribution in [0.15, 0.2) is 0 Å². The quantitative estimate of drug-likeness (QED) is 0.726. The molecule has 0 saturated carbocycles.